The molecule has 6 heteroatoms. The fourth-order valence-corrected chi connectivity index (χ4v) is 4.71. The fourth-order valence-electron chi connectivity index (χ4n) is 2.34. The summed E-state index contributed by atoms with van der Waals surface area (Å²) in [6.45, 7) is 8.70. The molecule has 0 N–H and O–H groups in total. The number of rotatable bonds is 4. The van der Waals surface area contributed by atoms with E-state index in [0.717, 1.165) is 19.3 Å². The lowest BCUT2D eigenvalue weighted by molar-refractivity contribution is 0.188. The van der Waals surface area contributed by atoms with E-state index in [2.05, 4.69) is 20.8 Å². The van der Waals surface area contributed by atoms with Crippen LogP contribution in [0, 0.1) is 5.41 Å². The molecule has 0 aromatic carbocycles. The summed E-state index contributed by atoms with van der Waals surface area (Å²) >= 11 is 5.93. The maximum Gasteiger partial charge on any atom is 0.282 e. The number of piperidine rings is 1. The summed E-state index contributed by atoms with van der Waals surface area (Å²) in [5.41, 5.74) is -0.0892. The highest BCUT2D eigenvalue weighted by molar-refractivity contribution is 7.86. The number of hydrogen-bond acceptors (Lipinski definition) is 2. The second kappa shape index (κ2) is 6.29. The van der Waals surface area contributed by atoms with Crippen LogP contribution in [0.2, 0.25) is 0 Å². The summed E-state index contributed by atoms with van der Waals surface area (Å²) in [6.07, 6.45) is 2.84. The Morgan fingerprint density at radius 2 is 1.95 bits per heavy atom. The predicted octanol–water partition coefficient (Wildman–Crippen LogP) is 2.69. The van der Waals surface area contributed by atoms with Crippen molar-refractivity contribution in [3.05, 3.63) is 0 Å². The first-order chi connectivity index (χ1) is 8.62. The third-order valence-corrected chi connectivity index (χ3v) is 6.68. The monoisotopic (exact) mass is 310 g/mol. The normalized spacial score (nSPS) is 24.7. The largest absolute Gasteiger partial charge is 0.282 e. The molecule has 1 aliphatic heterocycles. The molecule has 0 aromatic rings. The lowest BCUT2D eigenvalue weighted by Gasteiger charge is -2.41. The average Bonchev–Trinajstić information content (AvgIpc) is 2.35. The van der Waals surface area contributed by atoms with Crippen LogP contribution in [0.3, 0.4) is 0 Å². The van der Waals surface area contributed by atoms with E-state index in [-0.39, 0.29) is 17.5 Å². The van der Waals surface area contributed by atoms with Crippen LogP contribution in [0.5, 0.6) is 0 Å². The van der Waals surface area contributed by atoms with Crippen LogP contribution in [0.1, 0.15) is 47.0 Å². The third-order valence-electron chi connectivity index (χ3n) is 4.21. The smallest absolute Gasteiger partial charge is 0.195 e. The number of nitrogens with zero attached hydrogens (tertiary/aromatic N) is 2. The van der Waals surface area contributed by atoms with Crippen molar-refractivity contribution in [1.82, 2.24) is 8.61 Å². The molecule has 1 heterocycles. The summed E-state index contributed by atoms with van der Waals surface area (Å²) in [5.74, 6) is 0.372. The molecule has 1 rings (SSSR count). The molecule has 1 fully saturated rings. The SMILES string of the molecule is CC(N(C)S(=O)(=O)N1CCCCC1CCl)C(C)(C)C. The number of hydrogen-bond donors (Lipinski definition) is 0. The molecule has 2 atom stereocenters. The molecular weight excluding hydrogens is 284 g/mol. The van der Waals surface area contributed by atoms with Crippen molar-refractivity contribution in [3.8, 4) is 0 Å². The molecule has 0 spiro atoms. The van der Waals surface area contributed by atoms with Crippen LogP contribution in [-0.4, -0.2) is 48.6 Å². The molecule has 1 aliphatic rings. The topological polar surface area (TPSA) is 40.6 Å². The molecule has 19 heavy (non-hydrogen) atoms. The first-order valence-electron chi connectivity index (χ1n) is 6.93. The molecule has 1 saturated heterocycles. The van der Waals surface area contributed by atoms with Crippen molar-refractivity contribution < 1.29 is 8.42 Å². The average molecular weight is 311 g/mol. The maximum absolute atomic E-state index is 12.7. The predicted molar refractivity (Wildman–Crippen MR) is 80.7 cm³/mol. The van der Waals surface area contributed by atoms with Gasteiger partial charge in [-0.05, 0) is 25.2 Å². The molecule has 4 nitrogen and oxygen atoms in total. The van der Waals surface area contributed by atoms with Gasteiger partial charge in [-0.3, -0.25) is 0 Å². The molecule has 0 amide bonds. The Morgan fingerprint density at radius 1 is 1.37 bits per heavy atom. The van der Waals surface area contributed by atoms with Gasteiger partial charge in [-0.1, -0.05) is 27.2 Å². The Hall–Kier alpha value is 0.160. The quantitative estimate of drug-likeness (QED) is 0.749. The van der Waals surface area contributed by atoms with E-state index in [4.69, 9.17) is 11.6 Å². The zero-order chi connectivity index (χ0) is 14.8. The van der Waals surface area contributed by atoms with Gasteiger partial charge in [0.1, 0.15) is 0 Å². The minimum Gasteiger partial charge on any atom is -0.195 e. The van der Waals surface area contributed by atoms with Gasteiger partial charge in [0.25, 0.3) is 10.2 Å². The number of halogens is 1. The van der Waals surface area contributed by atoms with Gasteiger partial charge in [0.15, 0.2) is 0 Å². The molecule has 114 valence electrons. The fraction of sp³-hybridized carbons (Fsp3) is 1.00. The Balaban J connectivity index is 2.96. The van der Waals surface area contributed by atoms with Crippen LogP contribution in [0.25, 0.3) is 0 Å². The molecule has 0 aliphatic carbocycles. The Labute approximate surface area is 123 Å². The summed E-state index contributed by atoms with van der Waals surface area (Å²) in [4.78, 5) is 0. The minimum atomic E-state index is -3.42. The molecule has 0 aromatic heterocycles. The van der Waals surface area contributed by atoms with Gasteiger partial charge < -0.3 is 0 Å². The van der Waals surface area contributed by atoms with Crippen LogP contribution in [0.15, 0.2) is 0 Å². The molecule has 2 unspecified atom stereocenters. The second-order valence-electron chi connectivity index (χ2n) is 6.48. The van der Waals surface area contributed by atoms with Crippen molar-refractivity contribution >= 4 is 21.8 Å². The van der Waals surface area contributed by atoms with Gasteiger partial charge in [0, 0.05) is 31.6 Å². The first kappa shape index (κ1) is 17.2. The lowest BCUT2D eigenvalue weighted by atomic mass is 9.88. The molecule has 0 saturated carbocycles. The van der Waals surface area contributed by atoms with Gasteiger partial charge >= 0.3 is 0 Å². The standard InChI is InChI=1S/C13H27ClN2O2S/c1-11(13(2,3)4)15(5)19(17,18)16-9-7-6-8-12(16)10-14/h11-12H,6-10H2,1-5H3. The van der Waals surface area contributed by atoms with Crippen LogP contribution in [0.4, 0.5) is 0 Å². The van der Waals surface area contributed by atoms with Gasteiger partial charge in [0.05, 0.1) is 0 Å². The van der Waals surface area contributed by atoms with Gasteiger partial charge in [0.2, 0.25) is 0 Å². The highest BCUT2D eigenvalue weighted by atomic mass is 35.5. The van der Waals surface area contributed by atoms with E-state index < -0.39 is 10.2 Å². The van der Waals surface area contributed by atoms with Crippen molar-refractivity contribution in [1.29, 1.82) is 0 Å². The van der Waals surface area contributed by atoms with E-state index in [1.54, 1.807) is 11.4 Å². The lowest BCUT2D eigenvalue weighted by Crippen LogP contribution is -2.54. The zero-order valence-corrected chi connectivity index (χ0v) is 14.3. The van der Waals surface area contributed by atoms with Crippen LogP contribution in [-0.2, 0) is 10.2 Å². The van der Waals surface area contributed by atoms with Gasteiger partial charge in [-0.2, -0.15) is 17.0 Å². The third kappa shape index (κ3) is 3.84. The van der Waals surface area contributed by atoms with E-state index in [1.165, 1.54) is 4.31 Å². The van der Waals surface area contributed by atoms with E-state index >= 15 is 0 Å². The van der Waals surface area contributed by atoms with Crippen molar-refractivity contribution in [2.45, 2.75) is 59.0 Å². The van der Waals surface area contributed by atoms with E-state index in [0.29, 0.717) is 12.4 Å². The molecule has 0 bridgehead atoms. The van der Waals surface area contributed by atoms with Crippen LogP contribution >= 0.6 is 11.6 Å². The molecule has 0 radical (unpaired) electrons. The van der Waals surface area contributed by atoms with E-state index in [9.17, 15) is 8.42 Å². The highest BCUT2D eigenvalue weighted by Gasteiger charge is 2.39. The number of alkyl halides is 1. The van der Waals surface area contributed by atoms with Crippen molar-refractivity contribution in [3.63, 3.8) is 0 Å². The Kier molecular flexibility index (Phi) is 5.70. The van der Waals surface area contributed by atoms with E-state index in [1.807, 2.05) is 6.92 Å². The summed E-state index contributed by atoms with van der Waals surface area (Å²) < 4.78 is 28.6. The highest BCUT2D eigenvalue weighted by Crippen LogP contribution is 2.29. The first-order valence-corrected chi connectivity index (χ1v) is 8.86. The van der Waals surface area contributed by atoms with Crippen molar-refractivity contribution in [2.75, 3.05) is 19.5 Å². The zero-order valence-electron chi connectivity index (χ0n) is 12.7. The molecular formula is C13H27ClN2O2S. The summed E-state index contributed by atoms with van der Waals surface area (Å²) in [7, 11) is -1.75. The van der Waals surface area contributed by atoms with Gasteiger partial charge in [-0.25, -0.2) is 0 Å². The van der Waals surface area contributed by atoms with Crippen LogP contribution < -0.4 is 0 Å². The maximum atomic E-state index is 12.7. The summed E-state index contributed by atoms with van der Waals surface area (Å²) in [6, 6.07) is -0.120. The van der Waals surface area contributed by atoms with Crippen molar-refractivity contribution in [2.24, 2.45) is 5.41 Å². The Bertz CT molecular complexity index is 392. The second-order valence-corrected chi connectivity index (χ2v) is 8.73. The Morgan fingerprint density at radius 3 is 2.42 bits per heavy atom. The van der Waals surface area contributed by atoms with Gasteiger partial charge in [-0.15, -0.1) is 11.6 Å². The minimum absolute atomic E-state index is 0.0598. The summed E-state index contributed by atoms with van der Waals surface area (Å²) in [5, 5.41) is 0.